The van der Waals surface area contributed by atoms with Crippen LogP contribution in [0.5, 0.6) is 0 Å². The van der Waals surface area contributed by atoms with Gasteiger partial charge in [0.2, 0.25) is 0 Å². The number of ether oxygens (including phenoxy) is 1. The Bertz CT molecular complexity index is 341. The Hall–Kier alpha value is -1.22. The Labute approximate surface area is 96.8 Å². The maximum absolute atomic E-state index is 12.0. The number of methoxy groups -OCH3 is 1. The molecule has 0 N–H and O–H groups in total. The smallest absolute Gasteiger partial charge is 0.166 e. The van der Waals surface area contributed by atoms with E-state index in [0.29, 0.717) is 6.42 Å². The highest BCUT2D eigenvalue weighted by molar-refractivity contribution is 5.85. The fraction of sp³-hybridized carbons (Fsp3) is 0.538. The highest BCUT2D eigenvalue weighted by Gasteiger charge is 2.30. The van der Waals surface area contributed by atoms with Gasteiger partial charge >= 0.3 is 0 Å². The molecule has 1 aromatic heterocycles. The van der Waals surface area contributed by atoms with E-state index in [9.17, 15) is 4.79 Å². The number of nitrogens with zero attached hydrogens (tertiary/aromatic N) is 1. The lowest BCUT2D eigenvalue weighted by Gasteiger charge is -2.28. The first-order valence-corrected chi connectivity index (χ1v) is 5.39. The van der Waals surface area contributed by atoms with Gasteiger partial charge in [-0.25, -0.2) is 0 Å². The van der Waals surface area contributed by atoms with E-state index >= 15 is 0 Å². The van der Waals surface area contributed by atoms with Crippen LogP contribution < -0.4 is 0 Å². The molecule has 3 nitrogen and oxygen atoms in total. The van der Waals surface area contributed by atoms with Gasteiger partial charge in [-0.1, -0.05) is 26.8 Å². The molecule has 0 fully saturated rings. The summed E-state index contributed by atoms with van der Waals surface area (Å²) in [7, 11) is 1.58. The van der Waals surface area contributed by atoms with Crippen molar-refractivity contribution in [2.45, 2.75) is 33.3 Å². The third kappa shape index (κ3) is 3.42. The SMILES string of the molecule is COC(C(=O)Cc1cccnc1)C(C)(C)C. The van der Waals surface area contributed by atoms with Gasteiger partial charge in [-0.2, -0.15) is 0 Å². The van der Waals surface area contributed by atoms with E-state index in [1.807, 2.05) is 32.9 Å². The average molecular weight is 221 g/mol. The molecule has 0 bridgehead atoms. The summed E-state index contributed by atoms with van der Waals surface area (Å²) in [5.74, 6) is 0.100. The molecule has 0 aromatic carbocycles. The van der Waals surface area contributed by atoms with Crippen molar-refractivity contribution in [3.63, 3.8) is 0 Å². The Balaban J connectivity index is 2.71. The van der Waals surface area contributed by atoms with Crippen LogP contribution in [0.15, 0.2) is 24.5 Å². The summed E-state index contributed by atoms with van der Waals surface area (Å²) in [6, 6.07) is 3.74. The minimum atomic E-state index is -0.368. The van der Waals surface area contributed by atoms with Crippen LogP contribution in [-0.4, -0.2) is 24.0 Å². The number of rotatable bonds is 4. The third-order valence-corrected chi connectivity index (χ3v) is 2.42. The van der Waals surface area contributed by atoms with Crippen molar-refractivity contribution in [1.82, 2.24) is 4.98 Å². The van der Waals surface area contributed by atoms with Crippen molar-refractivity contribution in [3.05, 3.63) is 30.1 Å². The van der Waals surface area contributed by atoms with Crippen molar-refractivity contribution in [2.24, 2.45) is 5.41 Å². The Kier molecular flexibility index (Phi) is 4.19. The van der Waals surface area contributed by atoms with E-state index in [4.69, 9.17) is 4.74 Å². The molecule has 88 valence electrons. The molecular weight excluding hydrogens is 202 g/mol. The summed E-state index contributed by atoms with van der Waals surface area (Å²) in [4.78, 5) is 16.0. The van der Waals surface area contributed by atoms with E-state index in [-0.39, 0.29) is 17.3 Å². The van der Waals surface area contributed by atoms with Crippen LogP contribution in [0.4, 0.5) is 0 Å². The second kappa shape index (κ2) is 5.21. The van der Waals surface area contributed by atoms with E-state index in [1.54, 1.807) is 19.5 Å². The number of pyridine rings is 1. The number of ketones is 1. The van der Waals surface area contributed by atoms with Gasteiger partial charge in [0.15, 0.2) is 5.78 Å². The second-order valence-corrected chi connectivity index (χ2v) is 4.99. The maximum atomic E-state index is 12.0. The first-order chi connectivity index (χ1) is 7.45. The molecule has 0 aliphatic heterocycles. The van der Waals surface area contributed by atoms with Crippen LogP contribution in [0.3, 0.4) is 0 Å². The quantitative estimate of drug-likeness (QED) is 0.782. The standard InChI is InChI=1S/C13H19NO2/c1-13(2,3)12(16-4)11(15)8-10-6-5-7-14-9-10/h5-7,9,12H,8H2,1-4H3. The molecule has 1 unspecified atom stereocenters. The number of Topliss-reactive ketones (excluding diaryl/α,β-unsaturated/α-hetero) is 1. The third-order valence-electron chi connectivity index (χ3n) is 2.42. The normalized spacial score (nSPS) is 13.5. The van der Waals surface area contributed by atoms with Crippen molar-refractivity contribution < 1.29 is 9.53 Å². The largest absolute Gasteiger partial charge is 0.373 e. The van der Waals surface area contributed by atoms with E-state index in [1.165, 1.54) is 0 Å². The zero-order valence-corrected chi connectivity index (χ0v) is 10.4. The fourth-order valence-corrected chi connectivity index (χ4v) is 1.76. The van der Waals surface area contributed by atoms with Gasteiger partial charge in [0.05, 0.1) is 0 Å². The molecule has 0 spiro atoms. The number of aromatic nitrogens is 1. The minimum Gasteiger partial charge on any atom is -0.373 e. The minimum absolute atomic E-state index is 0.100. The topological polar surface area (TPSA) is 39.2 Å². The van der Waals surface area contributed by atoms with Crippen LogP contribution in [0, 0.1) is 5.41 Å². The number of hydrogen-bond donors (Lipinski definition) is 0. The van der Waals surface area contributed by atoms with Crippen molar-refractivity contribution in [3.8, 4) is 0 Å². The number of carbonyl (C=O) groups excluding carboxylic acids is 1. The van der Waals surface area contributed by atoms with E-state index < -0.39 is 0 Å². The van der Waals surface area contributed by atoms with Gasteiger partial charge < -0.3 is 4.74 Å². The van der Waals surface area contributed by atoms with E-state index in [2.05, 4.69) is 4.98 Å². The predicted octanol–water partition coefficient (Wildman–Crippen LogP) is 2.25. The average Bonchev–Trinajstić information content (AvgIpc) is 2.17. The van der Waals surface area contributed by atoms with Crippen molar-refractivity contribution in [1.29, 1.82) is 0 Å². The summed E-state index contributed by atoms with van der Waals surface area (Å²) < 4.78 is 5.28. The van der Waals surface area contributed by atoms with E-state index in [0.717, 1.165) is 5.56 Å². The lowest BCUT2D eigenvalue weighted by Crippen LogP contribution is -2.37. The lowest BCUT2D eigenvalue weighted by molar-refractivity contribution is -0.134. The number of hydrogen-bond acceptors (Lipinski definition) is 3. The fourth-order valence-electron chi connectivity index (χ4n) is 1.76. The first kappa shape index (κ1) is 12.8. The Morgan fingerprint density at radius 2 is 2.19 bits per heavy atom. The maximum Gasteiger partial charge on any atom is 0.166 e. The molecule has 16 heavy (non-hydrogen) atoms. The molecule has 3 heteroatoms. The molecule has 0 aliphatic rings. The predicted molar refractivity (Wildman–Crippen MR) is 63.2 cm³/mol. The van der Waals surface area contributed by atoms with Gasteiger partial charge in [0.1, 0.15) is 6.10 Å². The highest BCUT2D eigenvalue weighted by Crippen LogP contribution is 2.23. The molecule has 1 atom stereocenters. The molecule has 0 amide bonds. The molecule has 0 saturated heterocycles. The van der Waals surface area contributed by atoms with Crippen LogP contribution in [0.2, 0.25) is 0 Å². The molecule has 0 saturated carbocycles. The molecule has 0 aliphatic carbocycles. The summed E-state index contributed by atoms with van der Waals surface area (Å²) in [6.07, 6.45) is 3.43. The molecule has 1 heterocycles. The summed E-state index contributed by atoms with van der Waals surface area (Å²) in [5, 5.41) is 0. The molecule has 0 radical (unpaired) electrons. The number of carbonyl (C=O) groups is 1. The monoisotopic (exact) mass is 221 g/mol. The first-order valence-electron chi connectivity index (χ1n) is 5.39. The Morgan fingerprint density at radius 1 is 1.50 bits per heavy atom. The van der Waals surface area contributed by atoms with Gasteiger partial charge in [-0.05, 0) is 17.0 Å². The molecular formula is C13H19NO2. The zero-order chi connectivity index (χ0) is 12.2. The zero-order valence-electron chi connectivity index (χ0n) is 10.4. The summed E-state index contributed by atoms with van der Waals surface area (Å²) in [6.45, 7) is 6.01. The van der Waals surface area contributed by atoms with Crippen LogP contribution in [0.1, 0.15) is 26.3 Å². The lowest BCUT2D eigenvalue weighted by atomic mass is 9.85. The summed E-state index contributed by atoms with van der Waals surface area (Å²) in [5.41, 5.74) is 0.757. The van der Waals surface area contributed by atoms with Crippen molar-refractivity contribution >= 4 is 5.78 Å². The molecule has 1 rings (SSSR count). The summed E-state index contributed by atoms with van der Waals surface area (Å²) >= 11 is 0. The Morgan fingerprint density at radius 3 is 2.62 bits per heavy atom. The highest BCUT2D eigenvalue weighted by atomic mass is 16.5. The van der Waals surface area contributed by atoms with Gasteiger partial charge in [-0.3, -0.25) is 9.78 Å². The van der Waals surface area contributed by atoms with Crippen LogP contribution in [-0.2, 0) is 16.0 Å². The van der Waals surface area contributed by atoms with Crippen molar-refractivity contribution in [2.75, 3.05) is 7.11 Å². The van der Waals surface area contributed by atoms with Gasteiger partial charge in [0, 0.05) is 25.9 Å². The molecule has 1 aromatic rings. The second-order valence-electron chi connectivity index (χ2n) is 4.99. The van der Waals surface area contributed by atoms with Crippen LogP contribution in [0.25, 0.3) is 0 Å². The van der Waals surface area contributed by atoms with Gasteiger partial charge in [-0.15, -0.1) is 0 Å². The van der Waals surface area contributed by atoms with Gasteiger partial charge in [0.25, 0.3) is 0 Å². The van der Waals surface area contributed by atoms with Crippen LogP contribution >= 0.6 is 0 Å².